The lowest BCUT2D eigenvalue weighted by atomic mass is 9.86. The summed E-state index contributed by atoms with van der Waals surface area (Å²) in [6, 6.07) is 14.8. The summed E-state index contributed by atoms with van der Waals surface area (Å²) in [7, 11) is 0. The second kappa shape index (κ2) is 8.17. The maximum atomic E-state index is 12.2. The van der Waals surface area contributed by atoms with Crippen molar-refractivity contribution in [2.24, 2.45) is 0 Å². The average Bonchev–Trinajstić information content (AvgIpc) is 2.53. The smallest absolute Gasteiger partial charge is 0.233 e. The SMILES string of the molecule is CC(C)(C)c1ccccc1NC(=O)CC(=O)NCc1ccc(Cl)cc1. The zero-order chi connectivity index (χ0) is 18.4. The summed E-state index contributed by atoms with van der Waals surface area (Å²) >= 11 is 5.82. The van der Waals surface area contributed by atoms with Crippen molar-refractivity contribution < 1.29 is 9.59 Å². The molecule has 132 valence electrons. The molecule has 0 aliphatic heterocycles. The maximum absolute atomic E-state index is 12.2. The van der Waals surface area contributed by atoms with Crippen LogP contribution < -0.4 is 10.6 Å². The Hall–Kier alpha value is -2.33. The van der Waals surface area contributed by atoms with Gasteiger partial charge in [0, 0.05) is 17.3 Å². The Morgan fingerprint density at radius 1 is 0.960 bits per heavy atom. The van der Waals surface area contributed by atoms with E-state index >= 15 is 0 Å². The van der Waals surface area contributed by atoms with Crippen molar-refractivity contribution in [1.82, 2.24) is 5.32 Å². The predicted octanol–water partition coefficient (Wildman–Crippen LogP) is 4.28. The van der Waals surface area contributed by atoms with E-state index in [-0.39, 0.29) is 23.7 Å². The van der Waals surface area contributed by atoms with Gasteiger partial charge < -0.3 is 10.6 Å². The molecule has 25 heavy (non-hydrogen) atoms. The van der Waals surface area contributed by atoms with Gasteiger partial charge in [0.15, 0.2) is 0 Å². The highest BCUT2D eigenvalue weighted by Crippen LogP contribution is 2.29. The van der Waals surface area contributed by atoms with Crippen molar-refractivity contribution in [2.75, 3.05) is 5.32 Å². The number of halogens is 1. The van der Waals surface area contributed by atoms with Gasteiger partial charge in [-0.3, -0.25) is 9.59 Å². The van der Waals surface area contributed by atoms with Crippen LogP contribution in [-0.4, -0.2) is 11.8 Å². The van der Waals surface area contributed by atoms with Crippen LogP contribution in [0.25, 0.3) is 0 Å². The minimum atomic E-state index is -0.328. The molecule has 0 aromatic heterocycles. The molecule has 0 saturated heterocycles. The highest BCUT2D eigenvalue weighted by atomic mass is 35.5. The molecule has 0 fully saturated rings. The summed E-state index contributed by atoms with van der Waals surface area (Å²) in [6.07, 6.45) is -0.216. The summed E-state index contributed by atoms with van der Waals surface area (Å²) in [5, 5.41) is 6.22. The Morgan fingerprint density at radius 3 is 2.24 bits per heavy atom. The van der Waals surface area contributed by atoms with Crippen LogP contribution in [0.1, 0.15) is 38.3 Å². The van der Waals surface area contributed by atoms with Crippen molar-refractivity contribution in [1.29, 1.82) is 0 Å². The number of carbonyl (C=O) groups excluding carboxylic acids is 2. The van der Waals surface area contributed by atoms with Gasteiger partial charge in [-0.15, -0.1) is 0 Å². The molecule has 5 heteroatoms. The number of benzene rings is 2. The Balaban J connectivity index is 1.90. The number of para-hydroxylation sites is 1. The van der Waals surface area contributed by atoms with Crippen LogP contribution in [0.4, 0.5) is 5.69 Å². The van der Waals surface area contributed by atoms with Crippen molar-refractivity contribution in [3.05, 3.63) is 64.7 Å². The molecule has 4 nitrogen and oxygen atoms in total. The van der Waals surface area contributed by atoms with E-state index in [9.17, 15) is 9.59 Å². The van der Waals surface area contributed by atoms with E-state index in [4.69, 9.17) is 11.6 Å². The van der Waals surface area contributed by atoms with Gasteiger partial charge in [0.2, 0.25) is 11.8 Å². The lowest BCUT2D eigenvalue weighted by Gasteiger charge is -2.22. The molecule has 2 N–H and O–H groups in total. The quantitative estimate of drug-likeness (QED) is 0.783. The predicted molar refractivity (Wildman–Crippen MR) is 102 cm³/mol. The van der Waals surface area contributed by atoms with Crippen LogP contribution in [0.2, 0.25) is 5.02 Å². The van der Waals surface area contributed by atoms with Gasteiger partial charge in [0.05, 0.1) is 0 Å². The van der Waals surface area contributed by atoms with E-state index in [2.05, 4.69) is 31.4 Å². The highest BCUT2D eigenvalue weighted by Gasteiger charge is 2.19. The van der Waals surface area contributed by atoms with Crippen LogP contribution in [0, 0.1) is 0 Å². The van der Waals surface area contributed by atoms with E-state index in [0.717, 1.165) is 16.8 Å². The first-order chi connectivity index (χ1) is 11.8. The summed E-state index contributed by atoms with van der Waals surface area (Å²) < 4.78 is 0. The van der Waals surface area contributed by atoms with E-state index in [1.807, 2.05) is 36.4 Å². The second-order valence-corrected chi connectivity index (χ2v) is 7.36. The van der Waals surface area contributed by atoms with Gasteiger partial charge in [-0.05, 0) is 34.7 Å². The fourth-order valence-electron chi connectivity index (χ4n) is 2.45. The topological polar surface area (TPSA) is 58.2 Å². The van der Waals surface area contributed by atoms with E-state index < -0.39 is 0 Å². The van der Waals surface area contributed by atoms with E-state index in [0.29, 0.717) is 11.6 Å². The standard InChI is InChI=1S/C20H23ClN2O2/c1-20(2,3)16-6-4-5-7-17(16)23-19(25)12-18(24)22-13-14-8-10-15(21)11-9-14/h4-11H,12-13H2,1-3H3,(H,22,24)(H,23,25). The Bertz CT molecular complexity index is 749. The highest BCUT2D eigenvalue weighted by molar-refractivity contribution is 6.30. The molecule has 2 aromatic rings. The van der Waals surface area contributed by atoms with Crippen molar-refractivity contribution >= 4 is 29.1 Å². The number of nitrogens with one attached hydrogen (secondary N) is 2. The summed E-state index contributed by atoms with van der Waals surface area (Å²) in [6.45, 7) is 6.60. The van der Waals surface area contributed by atoms with E-state index in [1.54, 1.807) is 12.1 Å². The van der Waals surface area contributed by atoms with Crippen LogP contribution in [0.5, 0.6) is 0 Å². The Labute approximate surface area is 153 Å². The molecule has 0 radical (unpaired) electrons. The first-order valence-corrected chi connectivity index (χ1v) is 8.54. The minimum absolute atomic E-state index is 0.0965. The Morgan fingerprint density at radius 2 is 1.60 bits per heavy atom. The summed E-state index contributed by atoms with van der Waals surface area (Å²) in [5.41, 5.74) is 2.60. The van der Waals surface area contributed by atoms with Crippen LogP contribution in [0.15, 0.2) is 48.5 Å². The van der Waals surface area contributed by atoms with Gasteiger partial charge in [0.25, 0.3) is 0 Å². The third-order valence-corrected chi connectivity index (χ3v) is 3.99. The van der Waals surface area contributed by atoms with Crippen molar-refractivity contribution in [3.63, 3.8) is 0 Å². The monoisotopic (exact) mass is 358 g/mol. The molecular formula is C20H23ClN2O2. The summed E-state index contributed by atoms with van der Waals surface area (Å²) in [5.74, 6) is -0.647. The molecule has 0 atom stereocenters. The third kappa shape index (κ3) is 5.91. The number of carbonyl (C=O) groups is 2. The lowest BCUT2D eigenvalue weighted by Crippen LogP contribution is -2.28. The molecule has 2 rings (SSSR count). The average molecular weight is 359 g/mol. The normalized spacial score (nSPS) is 11.0. The fraction of sp³-hybridized carbons (Fsp3) is 0.300. The molecule has 0 aliphatic carbocycles. The van der Waals surface area contributed by atoms with Gasteiger partial charge in [-0.25, -0.2) is 0 Å². The number of rotatable bonds is 5. The molecule has 0 heterocycles. The van der Waals surface area contributed by atoms with Crippen LogP contribution >= 0.6 is 11.6 Å². The van der Waals surface area contributed by atoms with Gasteiger partial charge in [0.1, 0.15) is 6.42 Å². The molecule has 0 unspecified atom stereocenters. The molecule has 2 amide bonds. The number of hydrogen-bond acceptors (Lipinski definition) is 2. The largest absolute Gasteiger partial charge is 0.352 e. The Kier molecular flexibility index (Phi) is 6.21. The summed E-state index contributed by atoms with van der Waals surface area (Å²) in [4.78, 5) is 24.1. The zero-order valence-corrected chi connectivity index (χ0v) is 15.5. The fourth-order valence-corrected chi connectivity index (χ4v) is 2.58. The van der Waals surface area contributed by atoms with E-state index in [1.165, 1.54) is 0 Å². The first-order valence-electron chi connectivity index (χ1n) is 8.16. The number of hydrogen-bond donors (Lipinski definition) is 2. The molecule has 0 saturated carbocycles. The number of anilines is 1. The maximum Gasteiger partial charge on any atom is 0.233 e. The van der Waals surface area contributed by atoms with Crippen molar-refractivity contribution in [3.8, 4) is 0 Å². The van der Waals surface area contributed by atoms with Crippen LogP contribution in [-0.2, 0) is 21.5 Å². The van der Waals surface area contributed by atoms with Gasteiger partial charge in [-0.2, -0.15) is 0 Å². The zero-order valence-electron chi connectivity index (χ0n) is 14.7. The van der Waals surface area contributed by atoms with Gasteiger partial charge >= 0.3 is 0 Å². The molecular weight excluding hydrogens is 336 g/mol. The molecule has 2 aromatic carbocycles. The van der Waals surface area contributed by atoms with Gasteiger partial charge in [-0.1, -0.05) is 62.7 Å². The molecule has 0 spiro atoms. The molecule has 0 bridgehead atoms. The second-order valence-electron chi connectivity index (χ2n) is 6.92. The van der Waals surface area contributed by atoms with Crippen LogP contribution in [0.3, 0.4) is 0 Å². The van der Waals surface area contributed by atoms with Crippen molar-refractivity contribution in [2.45, 2.75) is 39.2 Å². The number of amides is 2. The minimum Gasteiger partial charge on any atom is -0.352 e. The third-order valence-electron chi connectivity index (χ3n) is 3.73. The first kappa shape index (κ1) is 19.0. The molecule has 0 aliphatic rings. The lowest BCUT2D eigenvalue weighted by molar-refractivity contribution is -0.126.